The Kier molecular flexibility index (Phi) is 4.67. The molecule has 4 heteroatoms. The molecule has 1 N–H and O–H groups in total. The van der Waals surface area contributed by atoms with Gasteiger partial charge in [-0.3, -0.25) is 0 Å². The SMILES string of the molecule is CNC(C)c1csc(CC2CCSCC2)n1. The third-order valence-electron chi connectivity index (χ3n) is 3.25. The highest BCUT2D eigenvalue weighted by Crippen LogP contribution is 2.27. The lowest BCUT2D eigenvalue weighted by molar-refractivity contribution is 0.485. The summed E-state index contributed by atoms with van der Waals surface area (Å²) in [6.07, 6.45) is 3.95. The van der Waals surface area contributed by atoms with Crippen molar-refractivity contribution in [1.29, 1.82) is 0 Å². The number of hydrogen-bond donors (Lipinski definition) is 1. The third-order valence-corrected chi connectivity index (χ3v) is 5.19. The van der Waals surface area contributed by atoms with Gasteiger partial charge in [-0.2, -0.15) is 11.8 Å². The zero-order chi connectivity index (χ0) is 11.4. The van der Waals surface area contributed by atoms with Crippen molar-refractivity contribution in [1.82, 2.24) is 10.3 Å². The number of thiazole rings is 1. The van der Waals surface area contributed by atoms with E-state index in [1.165, 1.54) is 41.5 Å². The monoisotopic (exact) mass is 256 g/mol. The molecule has 2 rings (SSSR count). The van der Waals surface area contributed by atoms with Gasteiger partial charge in [-0.15, -0.1) is 11.3 Å². The van der Waals surface area contributed by atoms with Crippen molar-refractivity contribution in [3.8, 4) is 0 Å². The molecule has 0 bridgehead atoms. The maximum absolute atomic E-state index is 4.72. The van der Waals surface area contributed by atoms with Crippen LogP contribution in [0.3, 0.4) is 0 Å². The Morgan fingerprint density at radius 3 is 2.94 bits per heavy atom. The first-order valence-electron chi connectivity index (χ1n) is 5.99. The topological polar surface area (TPSA) is 24.9 Å². The Balaban J connectivity index is 1.91. The van der Waals surface area contributed by atoms with Crippen LogP contribution in [0, 0.1) is 5.92 Å². The molecule has 16 heavy (non-hydrogen) atoms. The van der Waals surface area contributed by atoms with Crippen LogP contribution >= 0.6 is 23.1 Å². The summed E-state index contributed by atoms with van der Waals surface area (Å²) in [4.78, 5) is 4.72. The largest absolute Gasteiger partial charge is 0.312 e. The summed E-state index contributed by atoms with van der Waals surface area (Å²) in [5.74, 6) is 3.57. The third kappa shape index (κ3) is 3.22. The lowest BCUT2D eigenvalue weighted by atomic mass is 9.99. The van der Waals surface area contributed by atoms with Crippen LogP contribution in [0.2, 0.25) is 0 Å². The molecule has 1 unspecified atom stereocenters. The molecular weight excluding hydrogens is 236 g/mol. The van der Waals surface area contributed by atoms with Crippen molar-refractivity contribution in [2.75, 3.05) is 18.6 Å². The van der Waals surface area contributed by atoms with E-state index in [4.69, 9.17) is 4.98 Å². The molecule has 2 heterocycles. The lowest BCUT2D eigenvalue weighted by Gasteiger charge is -2.19. The van der Waals surface area contributed by atoms with Crippen molar-refractivity contribution in [3.05, 3.63) is 16.1 Å². The smallest absolute Gasteiger partial charge is 0.0931 e. The molecule has 0 amide bonds. The van der Waals surface area contributed by atoms with Gasteiger partial charge in [-0.05, 0) is 44.2 Å². The van der Waals surface area contributed by atoms with Crippen LogP contribution in [0.4, 0.5) is 0 Å². The van der Waals surface area contributed by atoms with Crippen molar-refractivity contribution in [2.24, 2.45) is 5.92 Å². The molecule has 0 radical (unpaired) electrons. The van der Waals surface area contributed by atoms with E-state index in [0.29, 0.717) is 6.04 Å². The quantitative estimate of drug-likeness (QED) is 0.896. The summed E-state index contributed by atoms with van der Waals surface area (Å²) in [5, 5.41) is 6.77. The van der Waals surface area contributed by atoms with Crippen LogP contribution in [-0.2, 0) is 6.42 Å². The Labute approximate surface area is 106 Å². The first kappa shape index (κ1) is 12.4. The molecule has 1 aromatic rings. The minimum atomic E-state index is 0.381. The van der Waals surface area contributed by atoms with Crippen molar-refractivity contribution in [2.45, 2.75) is 32.2 Å². The van der Waals surface area contributed by atoms with E-state index in [9.17, 15) is 0 Å². The molecule has 1 aliphatic heterocycles. The predicted molar refractivity (Wildman–Crippen MR) is 73.3 cm³/mol. The van der Waals surface area contributed by atoms with Crippen LogP contribution in [0.15, 0.2) is 5.38 Å². The second-order valence-electron chi connectivity index (χ2n) is 4.44. The highest BCUT2D eigenvalue weighted by molar-refractivity contribution is 7.99. The molecule has 0 saturated carbocycles. The van der Waals surface area contributed by atoms with Gasteiger partial charge in [0.05, 0.1) is 10.7 Å². The fraction of sp³-hybridized carbons (Fsp3) is 0.750. The van der Waals surface area contributed by atoms with E-state index >= 15 is 0 Å². The molecule has 0 aromatic carbocycles. The molecule has 1 saturated heterocycles. The average Bonchev–Trinajstić information content (AvgIpc) is 2.78. The van der Waals surface area contributed by atoms with Crippen LogP contribution in [0.5, 0.6) is 0 Å². The Bertz CT molecular complexity index is 319. The first-order chi connectivity index (χ1) is 7.79. The molecule has 1 aliphatic rings. The van der Waals surface area contributed by atoms with E-state index in [2.05, 4.69) is 29.4 Å². The molecule has 0 aliphatic carbocycles. The number of rotatable bonds is 4. The summed E-state index contributed by atoms with van der Waals surface area (Å²) in [6, 6.07) is 0.381. The number of hydrogen-bond acceptors (Lipinski definition) is 4. The average molecular weight is 256 g/mol. The predicted octanol–water partition coefficient (Wildman–Crippen LogP) is 3.11. The standard InChI is InChI=1S/C12H20N2S2/c1-9(13-2)11-8-16-12(14-11)7-10-3-5-15-6-4-10/h8-10,13H,3-7H2,1-2H3. The van der Waals surface area contributed by atoms with Gasteiger partial charge in [0.15, 0.2) is 0 Å². The fourth-order valence-electron chi connectivity index (χ4n) is 1.96. The molecule has 0 spiro atoms. The van der Waals surface area contributed by atoms with Gasteiger partial charge in [0.25, 0.3) is 0 Å². The van der Waals surface area contributed by atoms with Crippen LogP contribution < -0.4 is 5.32 Å². The van der Waals surface area contributed by atoms with E-state index in [-0.39, 0.29) is 0 Å². The summed E-state index contributed by atoms with van der Waals surface area (Å²) in [5.41, 5.74) is 1.20. The van der Waals surface area contributed by atoms with Gasteiger partial charge >= 0.3 is 0 Å². The van der Waals surface area contributed by atoms with E-state index in [1.54, 1.807) is 0 Å². The maximum atomic E-state index is 4.72. The summed E-state index contributed by atoms with van der Waals surface area (Å²) in [7, 11) is 1.99. The van der Waals surface area contributed by atoms with E-state index in [1.807, 2.05) is 18.4 Å². The molecular formula is C12H20N2S2. The van der Waals surface area contributed by atoms with Gasteiger partial charge in [-0.1, -0.05) is 0 Å². The van der Waals surface area contributed by atoms with Crippen LogP contribution in [0.25, 0.3) is 0 Å². The summed E-state index contributed by atoms with van der Waals surface area (Å²) in [6.45, 7) is 2.16. The Morgan fingerprint density at radius 2 is 2.25 bits per heavy atom. The first-order valence-corrected chi connectivity index (χ1v) is 8.02. The lowest BCUT2D eigenvalue weighted by Crippen LogP contribution is -2.14. The zero-order valence-electron chi connectivity index (χ0n) is 10.0. The molecule has 1 aromatic heterocycles. The molecule has 90 valence electrons. The number of thioether (sulfide) groups is 1. The maximum Gasteiger partial charge on any atom is 0.0931 e. The Morgan fingerprint density at radius 1 is 1.50 bits per heavy atom. The number of nitrogens with one attached hydrogen (secondary N) is 1. The van der Waals surface area contributed by atoms with Gasteiger partial charge in [0.1, 0.15) is 0 Å². The number of aromatic nitrogens is 1. The molecule has 2 nitrogen and oxygen atoms in total. The molecule has 1 atom stereocenters. The fourth-order valence-corrected chi connectivity index (χ4v) is 4.17. The van der Waals surface area contributed by atoms with Crippen molar-refractivity contribution in [3.63, 3.8) is 0 Å². The van der Waals surface area contributed by atoms with Crippen molar-refractivity contribution < 1.29 is 0 Å². The summed E-state index contributed by atoms with van der Waals surface area (Å²) >= 11 is 3.92. The van der Waals surface area contributed by atoms with Crippen LogP contribution in [-0.4, -0.2) is 23.5 Å². The van der Waals surface area contributed by atoms with E-state index < -0.39 is 0 Å². The molecule has 1 fully saturated rings. The number of nitrogens with zero attached hydrogens (tertiary/aromatic N) is 1. The minimum Gasteiger partial charge on any atom is -0.312 e. The minimum absolute atomic E-state index is 0.381. The summed E-state index contributed by atoms with van der Waals surface area (Å²) < 4.78 is 0. The zero-order valence-corrected chi connectivity index (χ0v) is 11.7. The van der Waals surface area contributed by atoms with E-state index in [0.717, 1.165) is 5.92 Å². The van der Waals surface area contributed by atoms with Crippen LogP contribution in [0.1, 0.15) is 36.5 Å². The second-order valence-corrected chi connectivity index (χ2v) is 6.60. The van der Waals surface area contributed by atoms with Gasteiger partial charge in [-0.25, -0.2) is 4.98 Å². The highest BCUT2D eigenvalue weighted by atomic mass is 32.2. The van der Waals surface area contributed by atoms with Gasteiger partial charge in [0, 0.05) is 17.8 Å². The normalized spacial score (nSPS) is 19.9. The van der Waals surface area contributed by atoms with Gasteiger partial charge in [0.2, 0.25) is 0 Å². The Hall–Kier alpha value is -0.0600. The van der Waals surface area contributed by atoms with Crippen molar-refractivity contribution >= 4 is 23.1 Å². The highest BCUT2D eigenvalue weighted by Gasteiger charge is 2.16. The second kappa shape index (κ2) is 6.03. The van der Waals surface area contributed by atoms with Gasteiger partial charge < -0.3 is 5.32 Å².